The predicted molar refractivity (Wildman–Crippen MR) is 111 cm³/mol. The fourth-order valence-corrected chi connectivity index (χ4v) is 3.74. The molecule has 0 spiro atoms. The van der Waals surface area contributed by atoms with Crippen LogP contribution in [-0.4, -0.2) is 54.1 Å². The summed E-state index contributed by atoms with van der Waals surface area (Å²) in [5, 5.41) is 15.5. The standard InChI is InChI=1S/C20H27N3O4S/c1-13(2)11-15(18(24)21-9-6-10-23(3)20(26)27)22-19(25)17-12-14-7-4-5-8-16(14)28-17/h4-5,7-8,12-13,15H,6,9-11H2,1-3H3,(H,21,24)(H,22,25)(H,26,27)/t15-/m0/s1. The van der Waals surface area contributed by atoms with Crippen molar-refractivity contribution in [1.82, 2.24) is 15.5 Å². The van der Waals surface area contributed by atoms with Crippen LogP contribution in [0.1, 0.15) is 36.4 Å². The second-order valence-corrected chi connectivity index (χ2v) is 8.24. The first-order valence-corrected chi connectivity index (χ1v) is 10.1. The number of rotatable bonds is 9. The molecule has 152 valence electrons. The minimum atomic E-state index is -1.00. The third-order valence-corrected chi connectivity index (χ3v) is 5.39. The van der Waals surface area contributed by atoms with E-state index in [0.29, 0.717) is 30.8 Å². The maximum atomic E-state index is 12.7. The van der Waals surface area contributed by atoms with Crippen LogP contribution in [0.4, 0.5) is 4.79 Å². The molecule has 2 aromatic rings. The van der Waals surface area contributed by atoms with Gasteiger partial charge in [-0.15, -0.1) is 11.3 Å². The Hall–Kier alpha value is -2.61. The lowest BCUT2D eigenvalue weighted by molar-refractivity contribution is -0.123. The van der Waals surface area contributed by atoms with Crippen LogP contribution in [0, 0.1) is 5.92 Å². The van der Waals surface area contributed by atoms with E-state index in [4.69, 9.17) is 5.11 Å². The number of carboxylic acid groups (broad SMARTS) is 1. The van der Waals surface area contributed by atoms with E-state index >= 15 is 0 Å². The quantitative estimate of drug-likeness (QED) is 0.558. The Morgan fingerprint density at radius 1 is 1.21 bits per heavy atom. The number of nitrogens with one attached hydrogen (secondary N) is 2. The molecule has 3 amide bonds. The molecule has 1 heterocycles. The molecule has 7 nitrogen and oxygen atoms in total. The summed E-state index contributed by atoms with van der Waals surface area (Å²) in [4.78, 5) is 37.7. The Morgan fingerprint density at radius 3 is 2.57 bits per heavy atom. The van der Waals surface area contributed by atoms with Crippen molar-refractivity contribution in [3.05, 3.63) is 35.2 Å². The van der Waals surface area contributed by atoms with Gasteiger partial charge in [-0.2, -0.15) is 0 Å². The van der Waals surface area contributed by atoms with Gasteiger partial charge in [0.1, 0.15) is 6.04 Å². The minimum Gasteiger partial charge on any atom is -0.465 e. The molecule has 0 unspecified atom stereocenters. The summed E-state index contributed by atoms with van der Waals surface area (Å²) in [5.41, 5.74) is 0. The summed E-state index contributed by atoms with van der Waals surface area (Å²) in [5.74, 6) is -0.273. The maximum absolute atomic E-state index is 12.7. The van der Waals surface area contributed by atoms with Crippen molar-refractivity contribution in [3.8, 4) is 0 Å². The molecule has 2 rings (SSSR count). The summed E-state index contributed by atoms with van der Waals surface area (Å²) in [6, 6.07) is 8.97. The van der Waals surface area contributed by atoms with Gasteiger partial charge in [0, 0.05) is 24.8 Å². The summed E-state index contributed by atoms with van der Waals surface area (Å²) in [6.07, 6.45) is 0.0321. The van der Waals surface area contributed by atoms with Crippen molar-refractivity contribution in [2.75, 3.05) is 20.1 Å². The lowest BCUT2D eigenvalue weighted by atomic mass is 10.0. The Labute approximate surface area is 168 Å². The monoisotopic (exact) mass is 405 g/mol. The van der Waals surface area contributed by atoms with E-state index in [2.05, 4.69) is 10.6 Å². The van der Waals surface area contributed by atoms with Crippen molar-refractivity contribution in [1.29, 1.82) is 0 Å². The summed E-state index contributed by atoms with van der Waals surface area (Å²) in [7, 11) is 1.48. The van der Waals surface area contributed by atoms with Crippen LogP contribution in [0.2, 0.25) is 0 Å². The summed E-state index contributed by atoms with van der Waals surface area (Å²) in [6.45, 7) is 4.67. The number of nitrogens with zero attached hydrogens (tertiary/aromatic N) is 1. The van der Waals surface area contributed by atoms with Crippen LogP contribution < -0.4 is 10.6 Å². The SMILES string of the molecule is CC(C)C[C@H](NC(=O)c1cc2ccccc2s1)C(=O)NCCCN(C)C(=O)O. The zero-order valence-electron chi connectivity index (χ0n) is 16.4. The second-order valence-electron chi connectivity index (χ2n) is 7.15. The minimum absolute atomic E-state index is 0.233. The first kappa shape index (κ1) is 21.7. The van der Waals surface area contributed by atoms with Crippen molar-refractivity contribution in [2.24, 2.45) is 5.92 Å². The normalized spacial score (nSPS) is 12.0. The van der Waals surface area contributed by atoms with E-state index in [1.807, 2.05) is 44.2 Å². The van der Waals surface area contributed by atoms with Crippen molar-refractivity contribution in [2.45, 2.75) is 32.7 Å². The van der Waals surface area contributed by atoms with E-state index in [-0.39, 0.29) is 17.7 Å². The van der Waals surface area contributed by atoms with Gasteiger partial charge in [-0.3, -0.25) is 9.59 Å². The first-order valence-electron chi connectivity index (χ1n) is 9.29. The molecule has 0 fully saturated rings. The van der Waals surface area contributed by atoms with Gasteiger partial charge in [-0.05, 0) is 36.3 Å². The van der Waals surface area contributed by atoms with Crippen LogP contribution in [-0.2, 0) is 4.79 Å². The van der Waals surface area contributed by atoms with Crippen molar-refractivity contribution >= 4 is 39.3 Å². The molecular weight excluding hydrogens is 378 g/mol. The van der Waals surface area contributed by atoms with E-state index < -0.39 is 12.1 Å². The molecular formula is C20H27N3O4S. The highest BCUT2D eigenvalue weighted by Crippen LogP contribution is 2.25. The average Bonchev–Trinajstić information content (AvgIpc) is 3.08. The number of benzene rings is 1. The van der Waals surface area contributed by atoms with Crippen molar-refractivity contribution < 1.29 is 19.5 Å². The van der Waals surface area contributed by atoms with E-state index in [1.54, 1.807) is 0 Å². The molecule has 0 aliphatic heterocycles. The number of fused-ring (bicyclic) bond motifs is 1. The maximum Gasteiger partial charge on any atom is 0.407 e. The average molecular weight is 406 g/mol. The summed E-state index contributed by atoms with van der Waals surface area (Å²) < 4.78 is 1.03. The third-order valence-electron chi connectivity index (χ3n) is 4.27. The van der Waals surface area contributed by atoms with Gasteiger partial charge in [-0.25, -0.2) is 4.79 Å². The number of thiophene rings is 1. The second kappa shape index (κ2) is 10.1. The molecule has 1 atom stereocenters. The fraction of sp³-hybridized carbons (Fsp3) is 0.450. The van der Waals surface area contributed by atoms with Crippen LogP contribution in [0.3, 0.4) is 0 Å². The largest absolute Gasteiger partial charge is 0.465 e. The van der Waals surface area contributed by atoms with Crippen LogP contribution in [0.5, 0.6) is 0 Å². The molecule has 1 aromatic carbocycles. The molecule has 0 bridgehead atoms. The van der Waals surface area contributed by atoms with Gasteiger partial charge >= 0.3 is 6.09 Å². The van der Waals surface area contributed by atoms with Gasteiger partial charge in [0.05, 0.1) is 4.88 Å². The highest BCUT2D eigenvalue weighted by molar-refractivity contribution is 7.20. The van der Waals surface area contributed by atoms with Crippen LogP contribution in [0.25, 0.3) is 10.1 Å². The smallest absolute Gasteiger partial charge is 0.407 e. The number of amides is 3. The lowest BCUT2D eigenvalue weighted by Crippen LogP contribution is -2.47. The Morgan fingerprint density at radius 2 is 1.93 bits per heavy atom. The molecule has 0 saturated heterocycles. The van der Waals surface area contributed by atoms with Crippen LogP contribution >= 0.6 is 11.3 Å². The number of hydrogen-bond acceptors (Lipinski definition) is 4. The fourth-order valence-electron chi connectivity index (χ4n) is 2.77. The van der Waals surface area contributed by atoms with Crippen molar-refractivity contribution in [3.63, 3.8) is 0 Å². The Bertz CT molecular complexity index is 801. The lowest BCUT2D eigenvalue weighted by Gasteiger charge is -2.20. The molecule has 28 heavy (non-hydrogen) atoms. The third kappa shape index (κ3) is 6.23. The van der Waals surface area contributed by atoms with Gasteiger partial charge < -0.3 is 20.6 Å². The molecule has 1 aromatic heterocycles. The summed E-state index contributed by atoms with van der Waals surface area (Å²) >= 11 is 1.40. The molecule has 3 N–H and O–H groups in total. The highest BCUT2D eigenvalue weighted by atomic mass is 32.1. The molecule has 0 saturated carbocycles. The van der Waals surface area contributed by atoms with Gasteiger partial charge in [-0.1, -0.05) is 32.0 Å². The Balaban J connectivity index is 1.95. The van der Waals surface area contributed by atoms with E-state index in [1.165, 1.54) is 23.3 Å². The number of carbonyl (C=O) groups excluding carboxylic acids is 2. The van der Waals surface area contributed by atoms with Gasteiger partial charge in [0.15, 0.2) is 0 Å². The highest BCUT2D eigenvalue weighted by Gasteiger charge is 2.23. The molecule has 0 aliphatic rings. The number of carbonyl (C=O) groups is 3. The zero-order chi connectivity index (χ0) is 20.7. The molecule has 8 heteroatoms. The Kier molecular flexibility index (Phi) is 7.80. The topological polar surface area (TPSA) is 98.7 Å². The molecule has 0 aliphatic carbocycles. The number of hydrogen-bond donors (Lipinski definition) is 3. The van der Waals surface area contributed by atoms with E-state index in [9.17, 15) is 14.4 Å². The zero-order valence-corrected chi connectivity index (χ0v) is 17.2. The first-order chi connectivity index (χ1) is 13.3. The molecule has 0 radical (unpaired) electrons. The van der Waals surface area contributed by atoms with Crippen LogP contribution in [0.15, 0.2) is 30.3 Å². The van der Waals surface area contributed by atoms with Gasteiger partial charge in [0.25, 0.3) is 5.91 Å². The van der Waals surface area contributed by atoms with E-state index in [0.717, 1.165) is 10.1 Å². The van der Waals surface area contributed by atoms with Gasteiger partial charge in [0.2, 0.25) is 5.91 Å². The predicted octanol–water partition coefficient (Wildman–Crippen LogP) is 3.16.